The zero-order chi connectivity index (χ0) is 12.8. The molecule has 2 unspecified atom stereocenters. The van der Waals surface area contributed by atoms with E-state index in [0.29, 0.717) is 5.92 Å². The molecule has 0 aromatic carbocycles. The van der Waals surface area contributed by atoms with Gasteiger partial charge in [-0.2, -0.15) is 0 Å². The number of amides is 1. The van der Waals surface area contributed by atoms with Crippen LogP contribution >= 0.6 is 0 Å². The summed E-state index contributed by atoms with van der Waals surface area (Å²) in [5.74, 6) is -0.984. The average molecular weight is 241 g/mol. The van der Waals surface area contributed by atoms with Gasteiger partial charge >= 0.3 is 5.97 Å². The predicted molar refractivity (Wildman–Crippen MR) is 62.5 cm³/mol. The van der Waals surface area contributed by atoms with Gasteiger partial charge in [-0.3, -0.25) is 4.79 Å². The Balaban J connectivity index is 2.38. The second kappa shape index (κ2) is 6.39. The van der Waals surface area contributed by atoms with Gasteiger partial charge in [0.2, 0.25) is 5.91 Å². The molecule has 0 radical (unpaired) electrons. The second-order valence-corrected chi connectivity index (χ2v) is 4.35. The van der Waals surface area contributed by atoms with E-state index in [1.807, 2.05) is 6.92 Å². The standard InChI is InChI=1S/C12H19NO4/c1-3-6-17-7-10(12(15)16)13-11(14)8(2)9-4-5-9/h3,8-10H,1,4-7H2,2H3,(H,13,14)(H,15,16). The van der Waals surface area contributed by atoms with Gasteiger partial charge in [0.1, 0.15) is 0 Å². The Hall–Kier alpha value is -1.36. The summed E-state index contributed by atoms with van der Waals surface area (Å²) in [4.78, 5) is 22.6. The Morgan fingerprint density at radius 2 is 2.24 bits per heavy atom. The van der Waals surface area contributed by atoms with Crippen LogP contribution in [0.5, 0.6) is 0 Å². The molecular weight excluding hydrogens is 222 g/mol. The van der Waals surface area contributed by atoms with Gasteiger partial charge in [-0.15, -0.1) is 6.58 Å². The van der Waals surface area contributed by atoms with E-state index in [-0.39, 0.29) is 25.0 Å². The van der Waals surface area contributed by atoms with Gasteiger partial charge in [0.05, 0.1) is 13.2 Å². The molecule has 96 valence electrons. The minimum Gasteiger partial charge on any atom is -0.480 e. The van der Waals surface area contributed by atoms with Crippen LogP contribution in [0, 0.1) is 11.8 Å². The fraction of sp³-hybridized carbons (Fsp3) is 0.667. The molecule has 1 saturated carbocycles. The number of carbonyl (C=O) groups excluding carboxylic acids is 1. The van der Waals surface area contributed by atoms with Crippen molar-refractivity contribution in [1.29, 1.82) is 0 Å². The summed E-state index contributed by atoms with van der Waals surface area (Å²) >= 11 is 0. The van der Waals surface area contributed by atoms with Crippen LogP contribution in [0.3, 0.4) is 0 Å². The van der Waals surface area contributed by atoms with Gasteiger partial charge in [0, 0.05) is 5.92 Å². The van der Waals surface area contributed by atoms with Gasteiger partial charge in [-0.05, 0) is 18.8 Å². The molecular formula is C12H19NO4. The fourth-order valence-corrected chi connectivity index (χ4v) is 1.56. The molecule has 0 saturated heterocycles. The molecule has 2 N–H and O–H groups in total. The van der Waals surface area contributed by atoms with Crippen LogP contribution in [0.1, 0.15) is 19.8 Å². The monoisotopic (exact) mass is 241 g/mol. The number of hydrogen-bond donors (Lipinski definition) is 2. The lowest BCUT2D eigenvalue weighted by Crippen LogP contribution is -2.46. The summed E-state index contributed by atoms with van der Waals surface area (Å²) < 4.78 is 5.05. The van der Waals surface area contributed by atoms with E-state index in [1.54, 1.807) is 0 Å². The third-order valence-corrected chi connectivity index (χ3v) is 2.88. The van der Waals surface area contributed by atoms with Crippen molar-refractivity contribution in [1.82, 2.24) is 5.32 Å². The topological polar surface area (TPSA) is 75.6 Å². The Labute approximate surface area is 101 Å². The zero-order valence-corrected chi connectivity index (χ0v) is 10.0. The van der Waals surface area contributed by atoms with Crippen molar-refractivity contribution >= 4 is 11.9 Å². The lowest BCUT2D eigenvalue weighted by atomic mass is 10.1. The molecule has 1 rings (SSSR count). The lowest BCUT2D eigenvalue weighted by molar-refractivity contribution is -0.144. The van der Waals surface area contributed by atoms with Crippen molar-refractivity contribution in [2.45, 2.75) is 25.8 Å². The average Bonchev–Trinajstić information content (AvgIpc) is 3.10. The predicted octanol–water partition coefficient (Wildman–Crippen LogP) is 0.804. The SMILES string of the molecule is C=CCOCC(NC(=O)C(C)C1CC1)C(=O)O. The van der Waals surface area contributed by atoms with E-state index in [4.69, 9.17) is 9.84 Å². The molecule has 0 aromatic heterocycles. The number of hydrogen-bond acceptors (Lipinski definition) is 3. The molecule has 0 bridgehead atoms. The van der Waals surface area contributed by atoms with Crippen molar-refractivity contribution in [3.8, 4) is 0 Å². The molecule has 2 atom stereocenters. The van der Waals surface area contributed by atoms with E-state index in [9.17, 15) is 9.59 Å². The van der Waals surface area contributed by atoms with Gasteiger partial charge in [0.15, 0.2) is 6.04 Å². The number of aliphatic carboxylic acids is 1. The maximum atomic E-state index is 11.7. The highest BCUT2D eigenvalue weighted by Gasteiger charge is 2.34. The third kappa shape index (κ3) is 4.56. The highest BCUT2D eigenvalue weighted by Crippen LogP contribution is 2.36. The highest BCUT2D eigenvalue weighted by atomic mass is 16.5. The number of carbonyl (C=O) groups is 2. The van der Waals surface area contributed by atoms with E-state index >= 15 is 0 Å². The van der Waals surface area contributed by atoms with Crippen LogP contribution in [-0.2, 0) is 14.3 Å². The van der Waals surface area contributed by atoms with Crippen molar-refractivity contribution in [2.24, 2.45) is 11.8 Å². The molecule has 0 aliphatic heterocycles. The van der Waals surface area contributed by atoms with E-state index in [0.717, 1.165) is 12.8 Å². The first-order valence-corrected chi connectivity index (χ1v) is 5.78. The summed E-state index contributed by atoms with van der Waals surface area (Å²) in [5.41, 5.74) is 0. The number of carboxylic acids is 1. The summed E-state index contributed by atoms with van der Waals surface area (Å²) in [6, 6.07) is -0.983. The molecule has 1 amide bonds. The van der Waals surface area contributed by atoms with E-state index in [1.165, 1.54) is 6.08 Å². The third-order valence-electron chi connectivity index (χ3n) is 2.88. The largest absolute Gasteiger partial charge is 0.480 e. The van der Waals surface area contributed by atoms with E-state index < -0.39 is 12.0 Å². The molecule has 5 nitrogen and oxygen atoms in total. The summed E-state index contributed by atoms with van der Waals surface area (Å²) in [7, 11) is 0. The van der Waals surface area contributed by atoms with Crippen LogP contribution < -0.4 is 5.32 Å². The molecule has 0 aromatic rings. The van der Waals surface area contributed by atoms with Crippen molar-refractivity contribution in [3.05, 3.63) is 12.7 Å². The first-order chi connectivity index (χ1) is 8.06. The molecule has 5 heteroatoms. The Morgan fingerprint density at radius 3 is 2.71 bits per heavy atom. The maximum Gasteiger partial charge on any atom is 0.328 e. The smallest absolute Gasteiger partial charge is 0.328 e. The Kier molecular flexibility index (Phi) is 5.15. The molecule has 0 spiro atoms. The van der Waals surface area contributed by atoms with Crippen molar-refractivity contribution in [3.63, 3.8) is 0 Å². The number of nitrogens with one attached hydrogen (secondary N) is 1. The Morgan fingerprint density at radius 1 is 1.59 bits per heavy atom. The van der Waals surface area contributed by atoms with E-state index in [2.05, 4.69) is 11.9 Å². The minimum absolute atomic E-state index is 0.0372. The highest BCUT2D eigenvalue weighted by molar-refractivity contribution is 5.85. The fourth-order valence-electron chi connectivity index (χ4n) is 1.56. The minimum atomic E-state index is -1.08. The maximum absolute atomic E-state index is 11.7. The van der Waals surface area contributed by atoms with Gasteiger partial charge in [-0.1, -0.05) is 13.0 Å². The van der Waals surface area contributed by atoms with Gasteiger partial charge in [-0.25, -0.2) is 4.79 Å². The summed E-state index contributed by atoms with van der Waals surface area (Å²) in [5, 5.41) is 11.4. The van der Waals surface area contributed by atoms with Crippen molar-refractivity contribution < 1.29 is 19.4 Å². The molecule has 1 aliphatic rings. The van der Waals surface area contributed by atoms with Crippen molar-refractivity contribution in [2.75, 3.05) is 13.2 Å². The summed E-state index contributed by atoms with van der Waals surface area (Å²) in [6.45, 7) is 5.53. The van der Waals surface area contributed by atoms with Gasteiger partial charge in [0.25, 0.3) is 0 Å². The molecule has 1 aliphatic carbocycles. The van der Waals surface area contributed by atoms with Crippen LogP contribution in [0.2, 0.25) is 0 Å². The first-order valence-electron chi connectivity index (χ1n) is 5.78. The molecule has 0 heterocycles. The zero-order valence-electron chi connectivity index (χ0n) is 10.0. The normalized spacial score (nSPS) is 18.2. The van der Waals surface area contributed by atoms with Crippen LogP contribution in [0.25, 0.3) is 0 Å². The van der Waals surface area contributed by atoms with Gasteiger partial charge < -0.3 is 15.2 Å². The van der Waals surface area contributed by atoms with Crippen LogP contribution in [0.15, 0.2) is 12.7 Å². The van der Waals surface area contributed by atoms with Crippen LogP contribution in [0.4, 0.5) is 0 Å². The number of carboxylic acid groups (broad SMARTS) is 1. The quantitative estimate of drug-likeness (QED) is 0.487. The number of ether oxygens (including phenoxy) is 1. The Bertz CT molecular complexity index is 299. The van der Waals surface area contributed by atoms with Crippen LogP contribution in [-0.4, -0.2) is 36.2 Å². The number of rotatable bonds is 8. The first kappa shape index (κ1) is 13.7. The second-order valence-electron chi connectivity index (χ2n) is 4.35. The molecule has 17 heavy (non-hydrogen) atoms. The lowest BCUT2D eigenvalue weighted by Gasteiger charge is -2.17. The summed E-state index contributed by atoms with van der Waals surface area (Å²) in [6.07, 6.45) is 3.64. The molecule has 1 fully saturated rings.